The fourth-order valence-electron chi connectivity index (χ4n) is 3.86. The normalized spacial score (nSPS) is 41.9. The summed E-state index contributed by atoms with van der Waals surface area (Å²) in [6, 6.07) is 0. The van der Waals surface area contributed by atoms with Crippen LogP contribution in [0.25, 0.3) is 0 Å². The molecule has 0 aromatic rings. The summed E-state index contributed by atoms with van der Waals surface area (Å²) in [4.78, 5) is 13.8. The Morgan fingerprint density at radius 1 is 1.35 bits per heavy atom. The standard InChI is InChI=1S/C13H21NO3/c15-12(16)13(4-5-17-9-13)8-14-6-10-2-1-3-11(10)7-14/h10-11H,1-9H2,(H,15,16). The molecule has 2 heterocycles. The van der Waals surface area contributed by atoms with Gasteiger partial charge in [-0.2, -0.15) is 0 Å². The molecule has 0 aromatic heterocycles. The number of fused-ring (bicyclic) bond motifs is 1. The number of carboxylic acid groups (broad SMARTS) is 1. The van der Waals surface area contributed by atoms with Crippen LogP contribution in [0.3, 0.4) is 0 Å². The maximum absolute atomic E-state index is 11.5. The molecule has 3 rings (SSSR count). The number of ether oxygens (including phenoxy) is 1. The summed E-state index contributed by atoms with van der Waals surface area (Å²) >= 11 is 0. The van der Waals surface area contributed by atoms with Gasteiger partial charge in [0.05, 0.1) is 6.61 Å². The van der Waals surface area contributed by atoms with Crippen LogP contribution in [0.1, 0.15) is 25.7 Å². The van der Waals surface area contributed by atoms with Crippen molar-refractivity contribution in [1.82, 2.24) is 4.90 Å². The zero-order valence-corrected chi connectivity index (χ0v) is 10.2. The van der Waals surface area contributed by atoms with E-state index in [9.17, 15) is 9.90 Å². The maximum atomic E-state index is 11.5. The monoisotopic (exact) mass is 239 g/mol. The van der Waals surface area contributed by atoms with E-state index in [-0.39, 0.29) is 0 Å². The van der Waals surface area contributed by atoms with E-state index >= 15 is 0 Å². The molecule has 0 bridgehead atoms. The topological polar surface area (TPSA) is 49.8 Å². The molecular weight excluding hydrogens is 218 g/mol. The molecule has 2 saturated heterocycles. The predicted molar refractivity (Wildman–Crippen MR) is 62.8 cm³/mol. The molecule has 0 aromatic carbocycles. The fourth-order valence-corrected chi connectivity index (χ4v) is 3.86. The van der Waals surface area contributed by atoms with Gasteiger partial charge >= 0.3 is 5.97 Å². The average molecular weight is 239 g/mol. The lowest BCUT2D eigenvalue weighted by molar-refractivity contribution is -0.150. The Hall–Kier alpha value is -0.610. The first-order chi connectivity index (χ1) is 8.20. The second-order valence-electron chi connectivity index (χ2n) is 6.03. The van der Waals surface area contributed by atoms with Crippen molar-refractivity contribution < 1.29 is 14.6 Å². The molecule has 96 valence electrons. The fraction of sp³-hybridized carbons (Fsp3) is 0.923. The van der Waals surface area contributed by atoms with Crippen molar-refractivity contribution >= 4 is 5.97 Å². The lowest BCUT2D eigenvalue weighted by Crippen LogP contribution is -2.43. The third-order valence-corrected chi connectivity index (χ3v) is 4.89. The van der Waals surface area contributed by atoms with Crippen molar-refractivity contribution in [3.8, 4) is 0 Å². The molecule has 3 unspecified atom stereocenters. The number of carbonyl (C=O) groups is 1. The molecule has 1 N–H and O–H groups in total. The van der Waals surface area contributed by atoms with E-state index in [1.165, 1.54) is 19.3 Å². The second kappa shape index (κ2) is 4.25. The predicted octanol–water partition coefficient (Wildman–Crippen LogP) is 1.21. The SMILES string of the molecule is O=C(O)C1(CN2CC3CCCC3C2)CCOC1. The molecule has 4 nitrogen and oxygen atoms in total. The van der Waals surface area contributed by atoms with Crippen LogP contribution in [-0.4, -0.2) is 48.8 Å². The first-order valence-corrected chi connectivity index (χ1v) is 6.73. The van der Waals surface area contributed by atoms with Gasteiger partial charge in [-0.3, -0.25) is 4.79 Å². The van der Waals surface area contributed by atoms with Crippen molar-refractivity contribution in [2.75, 3.05) is 32.8 Å². The van der Waals surface area contributed by atoms with Gasteiger partial charge in [-0.05, 0) is 31.1 Å². The summed E-state index contributed by atoms with van der Waals surface area (Å²) in [5.41, 5.74) is -0.626. The van der Waals surface area contributed by atoms with E-state index < -0.39 is 11.4 Å². The number of hydrogen-bond acceptors (Lipinski definition) is 3. The van der Waals surface area contributed by atoms with Crippen molar-refractivity contribution in [2.24, 2.45) is 17.3 Å². The maximum Gasteiger partial charge on any atom is 0.313 e. The van der Waals surface area contributed by atoms with Crippen LogP contribution in [0, 0.1) is 17.3 Å². The number of likely N-dealkylation sites (tertiary alicyclic amines) is 1. The molecular formula is C13H21NO3. The number of nitrogens with zero attached hydrogens (tertiary/aromatic N) is 1. The van der Waals surface area contributed by atoms with Crippen LogP contribution in [-0.2, 0) is 9.53 Å². The zero-order chi connectivity index (χ0) is 11.9. The van der Waals surface area contributed by atoms with E-state index in [4.69, 9.17) is 4.74 Å². The largest absolute Gasteiger partial charge is 0.481 e. The minimum absolute atomic E-state index is 0.397. The van der Waals surface area contributed by atoms with Gasteiger partial charge < -0.3 is 14.7 Å². The number of carboxylic acids is 1. The highest BCUT2D eigenvalue weighted by molar-refractivity contribution is 5.75. The van der Waals surface area contributed by atoms with Gasteiger partial charge in [-0.1, -0.05) is 6.42 Å². The minimum Gasteiger partial charge on any atom is -0.481 e. The molecule has 0 amide bonds. The molecule has 0 spiro atoms. The Kier molecular flexibility index (Phi) is 2.87. The molecule has 2 aliphatic heterocycles. The van der Waals surface area contributed by atoms with Crippen LogP contribution < -0.4 is 0 Å². The highest BCUT2D eigenvalue weighted by Crippen LogP contribution is 2.40. The molecule has 1 saturated carbocycles. The van der Waals surface area contributed by atoms with E-state index in [1.807, 2.05) is 0 Å². The van der Waals surface area contributed by atoms with E-state index in [1.54, 1.807) is 0 Å². The minimum atomic E-state index is -0.674. The van der Waals surface area contributed by atoms with Crippen LogP contribution >= 0.6 is 0 Å². The average Bonchev–Trinajstić information content (AvgIpc) is 2.92. The first kappa shape index (κ1) is 11.5. The van der Waals surface area contributed by atoms with Gasteiger partial charge in [0.25, 0.3) is 0 Å². The first-order valence-electron chi connectivity index (χ1n) is 6.73. The van der Waals surface area contributed by atoms with Gasteiger partial charge in [0, 0.05) is 26.2 Å². The van der Waals surface area contributed by atoms with Crippen molar-refractivity contribution in [2.45, 2.75) is 25.7 Å². The van der Waals surface area contributed by atoms with E-state index in [0.717, 1.165) is 24.9 Å². The summed E-state index contributed by atoms with van der Waals surface area (Å²) in [7, 11) is 0. The summed E-state index contributed by atoms with van der Waals surface area (Å²) in [5.74, 6) is 0.999. The lowest BCUT2D eigenvalue weighted by Gasteiger charge is -2.28. The lowest BCUT2D eigenvalue weighted by atomic mass is 9.87. The molecule has 17 heavy (non-hydrogen) atoms. The van der Waals surface area contributed by atoms with Crippen molar-refractivity contribution in [3.63, 3.8) is 0 Å². The van der Waals surface area contributed by atoms with Gasteiger partial charge in [0.1, 0.15) is 5.41 Å². The van der Waals surface area contributed by atoms with Crippen LogP contribution in [0.15, 0.2) is 0 Å². The Bertz CT molecular complexity index is 300. The second-order valence-corrected chi connectivity index (χ2v) is 6.03. The summed E-state index contributed by atoms with van der Waals surface area (Å²) in [6.07, 6.45) is 4.74. The summed E-state index contributed by atoms with van der Waals surface area (Å²) < 4.78 is 5.32. The summed E-state index contributed by atoms with van der Waals surface area (Å²) in [6.45, 7) is 3.91. The van der Waals surface area contributed by atoms with Crippen LogP contribution in [0.5, 0.6) is 0 Å². The number of rotatable bonds is 3. The smallest absolute Gasteiger partial charge is 0.313 e. The van der Waals surface area contributed by atoms with Gasteiger partial charge in [0.15, 0.2) is 0 Å². The molecule has 4 heteroatoms. The molecule has 0 radical (unpaired) electrons. The van der Waals surface area contributed by atoms with E-state index in [0.29, 0.717) is 26.2 Å². The van der Waals surface area contributed by atoms with Gasteiger partial charge in [-0.15, -0.1) is 0 Å². The Morgan fingerprint density at radius 2 is 2.06 bits per heavy atom. The van der Waals surface area contributed by atoms with E-state index in [2.05, 4.69) is 4.90 Å². The zero-order valence-electron chi connectivity index (χ0n) is 10.2. The highest BCUT2D eigenvalue weighted by Gasteiger charge is 2.46. The Labute approximate surface area is 102 Å². The van der Waals surface area contributed by atoms with Gasteiger partial charge in [0.2, 0.25) is 0 Å². The van der Waals surface area contributed by atoms with Crippen LogP contribution in [0.2, 0.25) is 0 Å². The van der Waals surface area contributed by atoms with Gasteiger partial charge in [-0.25, -0.2) is 0 Å². The third kappa shape index (κ3) is 1.97. The quantitative estimate of drug-likeness (QED) is 0.804. The van der Waals surface area contributed by atoms with Crippen molar-refractivity contribution in [3.05, 3.63) is 0 Å². The van der Waals surface area contributed by atoms with Crippen LogP contribution in [0.4, 0.5) is 0 Å². The molecule has 3 atom stereocenters. The Morgan fingerprint density at radius 3 is 2.59 bits per heavy atom. The Balaban J connectivity index is 1.64. The number of hydrogen-bond donors (Lipinski definition) is 1. The highest BCUT2D eigenvalue weighted by atomic mass is 16.5. The molecule has 1 aliphatic carbocycles. The summed E-state index contributed by atoms with van der Waals surface area (Å²) in [5, 5.41) is 9.42. The number of aliphatic carboxylic acids is 1. The third-order valence-electron chi connectivity index (χ3n) is 4.89. The van der Waals surface area contributed by atoms with Crippen molar-refractivity contribution in [1.29, 1.82) is 0 Å². The molecule has 3 fully saturated rings. The molecule has 3 aliphatic rings.